The second kappa shape index (κ2) is 7.38. The van der Waals surface area contributed by atoms with Crippen molar-refractivity contribution >= 4 is 5.91 Å². The SMILES string of the molecule is O=C(NCC1(c2ccc3c(c2)OCO3)CCOCC1)C1(c2ccccc2)CCC1. The third-order valence-corrected chi connectivity index (χ3v) is 6.99. The lowest BCUT2D eigenvalue weighted by molar-refractivity contribution is -0.130. The molecule has 2 aromatic rings. The first-order valence-electron chi connectivity index (χ1n) is 10.5. The van der Waals surface area contributed by atoms with Crippen molar-refractivity contribution in [1.82, 2.24) is 5.32 Å². The Morgan fingerprint density at radius 3 is 2.38 bits per heavy atom. The number of hydrogen-bond acceptors (Lipinski definition) is 4. The van der Waals surface area contributed by atoms with E-state index in [4.69, 9.17) is 14.2 Å². The highest BCUT2D eigenvalue weighted by Crippen LogP contribution is 2.45. The molecular weight excluding hydrogens is 366 g/mol. The standard InChI is InChI=1S/C24H27NO4/c26-22(24(9-4-10-24)18-5-2-1-3-6-18)25-16-23(11-13-27-14-12-23)19-7-8-20-21(15-19)29-17-28-20/h1-3,5-8,15H,4,9-14,16-17H2,(H,25,26). The molecule has 3 aliphatic rings. The molecule has 2 fully saturated rings. The van der Waals surface area contributed by atoms with Gasteiger partial charge in [-0.25, -0.2) is 0 Å². The van der Waals surface area contributed by atoms with Gasteiger partial charge in [-0.2, -0.15) is 0 Å². The molecule has 5 nitrogen and oxygen atoms in total. The molecule has 0 bridgehead atoms. The van der Waals surface area contributed by atoms with Gasteiger partial charge in [0.25, 0.3) is 0 Å². The lowest BCUT2D eigenvalue weighted by Gasteiger charge is -2.43. The Morgan fingerprint density at radius 1 is 0.897 bits per heavy atom. The molecule has 0 unspecified atom stereocenters. The maximum atomic E-state index is 13.4. The largest absolute Gasteiger partial charge is 0.454 e. The first-order valence-corrected chi connectivity index (χ1v) is 10.5. The van der Waals surface area contributed by atoms with Gasteiger partial charge in [0.2, 0.25) is 12.7 Å². The average molecular weight is 393 g/mol. The molecule has 1 N–H and O–H groups in total. The molecule has 1 saturated carbocycles. The molecule has 2 heterocycles. The summed E-state index contributed by atoms with van der Waals surface area (Å²) in [6.45, 7) is 2.29. The maximum absolute atomic E-state index is 13.4. The molecule has 1 aliphatic carbocycles. The van der Waals surface area contributed by atoms with E-state index in [0.717, 1.165) is 49.2 Å². The van der Waals surface area contributed by atoms with E-state index in [9.17, 15) is 4.79 Å². The third kappa shape index (κ3) is 3.18. The Balaban J connectivity index is 1.38. The van der Waals surface area contributed by atoms with E-state index in [2.05, 4.69) is 29.6 Å². The van der Waals surface area contributed by atoms with Crippen LogP contribution in [0.15, 0.2) is 48.5 Å². The van der Waals surface area contributed by atoms with Gasteiger partial charge < -0.3 is 19.5 Å². The van der Waals surface area contributed by atoms with E-state index in [0.29, 0.717) is 19.8 Å². The predicted octanol–water partition coefficient (Wildman–Crippen LogP) is 3.70. The van der Waals surface area contributed by atoms with Gasteiger partial charge in [0.1, 0.15) is 0 Å². The summed E-state index contributed by atoms with van der Waals surface area (Å²) >= 11 is 0. The van der Waals surface area contributed by atoms with Crippen LogP contribution in [0.5, 0.6) is 11.5 Å². The fourth-order valence-corrected chi connectivity index (χ4v) is 4.91. The summed E-state index contributed by atoms with van der Waals surface area (Å²) in [5, 5.41) is 3.33. The summed E-state index contributed by atoms with van der Waals surface area (Å²) in [5.41, 5.74) is 1.81. The zero-order valence-corrected chi connectivity index (χ0v) is 16.6. The van der Waals surface area contributed by atoms with E-state index in [1.54, 1.807) is 0 Å². The number of carbonyl (C=O) groups excluding carboxylic acids is 1. The lowest BCUT2D eigenvalue weighted by Crippen LogP contribution is -2.53. The lowest BCUT2D eigenvalue weighted by atomic mass is 9.63. The number of hydrogen-bond donors (Lipinski definition) is 1. The van der Waals surface area contributed by atoms with Gasteiger partial charge in [0.05, 0.1) is 5.41 Å². The summed E-state index contributed by atoms with van der Waals surface area (Å²) in [6.07, 6.45) is 4.70. The summed E-state index contributed by atoms with van der Waals surface area (Å²) in [5.74, 6) is 1.73. The van der Waals surface area contributed by atoms with Crippen LogP contribution in [0.3, 0.4) is 0 Å². The van der Waals surface area contributed by atoms with Crippen molar-refractivity contribution in [1.29, 1.82) is 0 Å². The van der Waals surface area contributed by atoms with Gasteiger partial charge in [-0.05, 0) is 48.9 Å². The maximum Gasteiger partial charge on any atom is 0.231 e. The van der Waals surface area contributed by atoms with Crippen molar-refractivity contribution in [2.24, 2.45) is 0 Å². The first kappa shape index (κ1) is 18.5. The molecule has 0 spiro atoms. The van der Waals surface area contributed by atoms with Crippen molar-refractivity contribution in [3.8, 4) is 11.5 Å². The van der Waals surface area contributed by atoms with Crippen molar-refractivity contribution in [2.75, 3.05) is 26.6 Å². The van der Waals surface area contributed by atoms with Crippen LogP contribution in [-0.2, 0) is 20.4 Å². The van der Waals surface area contributed by atoms with E-state index in [-0.39, 0.29) is 23.5 Å². The molecule has 0 radical (unpaired) electrons. The van der Waals surface area contributed by atoms with Crippen molar-refractivity contribution in [2.45, 2.75) is 42.9 Å². The number of ether oxygens (including phenoxy) is 3. The summed E-state index contributed by atoms with van der Waals surface area (Å²) < 4.78 is 16.7. The van der Waals surface area contributed by atoms with Crippen molar-refractivity contribution in [3.63, 3.8) is 0 Å². The van der Waals surface area contributed by atoms with Gasteiger partial charge in [-0.1, -0.05) is 42.8 Å². The van der Waals surface area contributed by atoms with Gasteiger partial charge >= 0.3 is 0 Å². The number of carbonyl (C=O) groups is 1. The fourth-order valence-electron chi connectivity index (χ4n) is 4.91. The predicted molar refractivity (Wildman–Crippen MR) is 109 cm³/mol. The van der Waals surface area contributed by atoms with Crippen LogP contribution < -0.4 is 14.8 Å². The smallest absolute Gasteiger partial charge is 0.231 e. The molecule has 2 aliphatic heterocycles. The fraction of sp³-hybridized carbons (Fsp3) is 0.458. The molecule has 5 heteroatoms. The van der Waals surface area contributed by atoms with Crippen LogP contribution in [0.4, 0.5) is 0 Å². The Kier molecular flexibility index (Phi) is 4.70. The minimum Gasteiger partial charge on any atom is -0.454 e. The van der Waals surface area contributed by atoms with Crippen molar-refractivity contribution in [3.05, 3.63) is 59.7 Å². The van der Waals surface area contributed by atoms with Crippen LogP contribution in [0.2, 0.25) is 0 Å². The second-order valence-corrected chi connectivity index (χ2v) is 8.45. The molecule has 2 aromatic carbocycles. The highest BCUT2D eigenvalue weighted by molar-refractivity contribution is 5.89. The highest BCUT2D eigenvalue weighted by atomic mass is 16.7. The molecule has 0 atom stereocenters. The minimum absolute atomic E-state index is 0.142. The van der Waals surface area contributed by atoms with Gasteiger partial charge in [-0.15, -0.1) is 0 Å². The molecule has 1 amide bonds. The van der Waals surface area contributed by atoms with Crippen LogP contribution >= 0.6 is 0 Å². The topological polar surface area (TPSA) is 56.8 Å². The van der Waals surface area contributed by atoms with E-state index in [1.807, 2.05) is 24.3 Å². The van der Waals surface area contributed by atoms with Crippen LogP contribution in [-0.4, -0.2) is 32.5 Å². The van der Waals surface area contributed by atoms with E-state index < -0.39 is 0 Å². The molecule has 0 aromatic heterocycles. The number of benzene rings is 2. The Hall–Kier alpha value is -2.53. The normalized spacial score (nSPS) is 21.2. The number of rotatable bonds is 5. The van der Waals surface area contributed by atoms with Gasteiger partial charge in [0.15, 0.2) is 11.5 Å². The summed E-state index contributed by atoms with van der Waals surface area (Å²) in [6, 6.07) is 16.4. The van der Waals surface area contributed by atoms with Crippen LogP contribution in [0.1, 0.15) is 43.2 Å². The number of nitrogens with one attached hydrogen (secondary N) is 1. The van der Waals surface area contributed by atoms with E-state index in [1.165, 1.54) is 5.56 Å². The minimum atomic E-state index is -0.373. The highest BCUT2D eigenvalue weighted by Gasteiger charge is 2.46. The van der Waals surface area contributed by atoms with Gasteiger partial charge in [0, 0.05) is 25.2 Å². The monoisotopic (exact) mass is 393 g/mol. The van der Waals surface area contributed by atoms with E-state index >= 15 is 0 Å². The summed E-state index contributed by atoms with van der Waals surface area (Å²) in [4.78, 5) is 13.4. The Bertz CT molecular complexity index is 885. The zero-order valence-electron chi connectivity index (χ0n) is 16.6. The molecule has 5 rings (SSSR count). The molecule has 29 heavy (non-hydrogen) atoms. The Morgan fingerprint density at radius 2 is 1.66 bits per heavy atom. The number of fused-ring (bicyclic) bond motifs is 1. The van der Waals surface area contributed by atoms with Crippen molar-refractivity contribution < 1.29 is 19.0 Å². The average Bonchev–Trinajstić information content (AvgIpc) is 3.21. The van der Waals surface area contributed by atoms with Crippen LogP contribution in [0, 0.1) is 0 Å². The molecular formula is C24H27NO4. The Labute approximate surface area is 171 Å². The van der Waals surface area contributed by atoms with Crippen LogP contribution in [0.25, 0.3) is 0 Å². The molecule has 152 valence electrons. The zero-order chi connectivity index (χ0) is 19.7. The number of amides is 1. The van der Waals surface area contributed by atoms with Gasteiger partial charge in [-0.3, -0.25) is 4.79 Å². The summed E-state index contributed by atoms with van der Waals surface area (Å²) in [7, 11) is 0. The third-order valence-electron chi connectivity index (χ3n) is 6.99. The first-order chi connectivity index (χ1) is 14.2. The second-order valence-electron chi connectivity index (χ2n) is 8.45. The quantitative estimate of drug-likeness (QED) is 0.842. The molecule has 1 saturated heterocycles.